The summed E-state index contributed by atoms with van der Waals surface area (Å²) >= 11 is 3.19. The maximum Gasteiger partial charge on any atom is 0.271 e. The summed E-state index contributed by atoms with van der Waals surface area (Å²) in [5.41, 5.74) is -0.343. The van der Waals surface area contributed by atoms with E-state index in [4.69, 9.17) is 0 Å². The van der Waals surface area contributed by atoms with Gasteiger partial charge in [-0.25, -0.2) is 8.42 Å². The molecule has 1 aromatic rings. The lowest BCUT2D eigenvalue weighted by atomic mass is 10.1. The minimum absolute atomic E-state index is 0.0469. The van der Waals surface area contributed by atoms with E-state index in [9.17, 15) is 18.0 Å². The molecule has 10 heteroatoms. The molecular formula is C13H11BrN4O4S. The van der Waals surface area contributed by atoms with Gasteiger partial charge in [0.1, 0.15) is 5.69 Å². The zero-order chi connectivity index (χ0) is 16.6. The summed E-state index contributed by atoms with van der Waals surface area (Å²) < 4.78 is 27.6. The molecular weight excluding hydrogens is 388 g/mol. The van der Waals surface area contributed by atoms with Crippen LogP contribution in [0.4, 0.5) is 5.69 Å². The number of aromatic nitrogens is 1. The monoisotopic (exact) mass is 398 g/mol. The van der Waals surface area contributed by atoms with Gasteiger partial charge in [0.05, 0.1) is 11.3 Å². The Morgan fingerprint density at radius 3 is 3.00 bits per heavy atom. The van der Waals surface area contributed by atoms with E-state index in [-0.39, 0.29) is 29.4 Å². The molecule has 1 amide bonds. The van der Waals surface area contributed by atoms with Crippen LogP contribution in [0.2, 0.25) is 0 Å². The van der Waals surface area contributed by atoms with Crippen LogP contribution in [0.15, 0.2) is 49.9 Å². The van der Waals surface area contributed by atoms with E-state index >= 15 is 0 Å². The second-order valence-electron chi connectivity index (χ2n) is 4.83. The molecule has 2 aliphatic rings. The van der Waals surface area contributed by atoms with Crippen LogP contribution in [-0.2, 0) is 14.8 Å². The molecule has 0 saturated heterocycles. The summed E-state index contributed by atoms with van der Waals surface area (Å²) in [5.74, 6) is -0.664. The zero-order valence-corrected chi connectivity index (χ0v) is 14.0. The molecule has 8 nitrogen and oxygen atoms in total. The number of hydrogen-bond donors (Lipinski definition) is 2. The lowest BCUT2D eigenvalue weighted by Gasteiger charge is -2.28. The fraction of sp³-hybridized carbons (Fsp3) is 0.154. The number of amides is 1. The van der Waals surface area contributed by atoms with Crippen molar-refractivity contribution in [3.63, 3.8) is 0 Å². The number of halogens is 1. The van der Waals surface area contributed by atoms with Gasteiger partial charge in [0.15, 0.2) is 5.84 Å². The molecule has 0 saturated carbocycles. The number of amidine groups is 1. The number of nitrogens with one attached hydrogen (secondary N) is 2. The lowest BCUT2D eigenvalue weighted by Crippen LogP contribution is -2.41. The predicted molar refractivity (Wildman–Crippen MR) is 88.5 cm³/mol. The van der Waals surface area contributed by atoms with Gasteiger partial charge in [-0.15, -0.1) is 4.40 Å². The van der Waals surface area contributed by atoms with Crippen molar-refractivity contribution in [2.45, 2.75) is 0 Å². The number of aromatic amines is 1. The van der Waals surface area contributed by atoms with E-state index in [1.165, 1.54) is 18.3 Å². The maximum absolute atomic E-state index is 12.4. The fourth-order valence-corrected chi connectivity index (χ4v) is 3.46. The summed E-state index contributed by atoms with van der Waals surface area (Å²) in [6, 6.07) is 1.45. The molecule has 3 heterocycles. The number of anilines is 1. The fourth-order valence-electron chi connectivity index (χ4n) is 2.13. The summed E-state index contributed by atoms with van der Waals surface area (Å²) in [5, 5.41) is 2.46. The molecule has 0 aromatic carbocycles. The summed E-state index contributed by atoms with van der Waals surface area (Å²) in [4.78, 5) is 28.2. The molecule has 120 valence electrons. The molecule has 0 atom stereocenters. The van der Waals surface area contributed by atoms with Gasteiger partial charge in [-0.2, -0.15) is 0 Å². The second-order valence-corrected chi connectivity index (χ2v) is 7.50. The van der Waals surface area contributed by atoms with E-state index in [0.29, 0.717) is 4.47 Å². The van der Waals surface area contributed by atoms with Crippen molar-refractivity contribution in [2.24, 2.45) is 4.40 Å². The van der Waals surface area contributed by atoms with Gasteiger partial charge in [0, 0.05) is 23.4 Å². The quantitative estimate of drug-likeness (QED) is 0.756. The van der Waals surface area contributed by atoms with E-state index in [1.54, 1.807) is 17.2 Å². The zero-order valence-electron chi connectivity index (χ0n) is 11.6. The molecule has 3 rings (SSSR count). The number of sulfonamides is 1. The Labute approximate surface area is 139 Å². The van der Waals surface area contributed by atoms with E-state index in [2.05, 4.69) is 30.6 Å². The molecule has 2 N–H and O–H groups in total. The van der Waals surface area contributed by atoms with Crippen molar-refractivity contribution >= 4 is 43.4 Å². The maximum atomic E-state index is 12.4. The molecule has 23 heavy (non-hydrogen) atoms. The molecule has 1 aromatic heterocycles. The van der Waals surface area contributed by atoms with Gasteiger partial charge in [-0.1, -0.05) is 0 Å². The standard InChI is InChI=1S/C13H11BrN4O4S/c14-8-6-10(13(20)15-7-8)16-12(19)9-2-1-3-18-4-5-23(21,22)17-11(9)18/h1-3,6-7H,4-5H2,(H,15,20)(H,16,19). The molecule has 2 aliphatic heterocycles. The third-order valence-corrected chi connectivity index (χ3v) is 4.83. The van der Waals surface area contributed by atoms with Gasteiger partial charge < -0.3 is 15.2 Å². The van der Waals surface area contributed by atoms with E-state index in [0.717, 1.165) is 0 Å². The Hall–Kier alpha value is -2.20. The average molecular weight is 399 g/mol. The van der Waals surface area contributed by atoms with Gasteiger partial charge in [0.2, 0.25) is 0 Å². The number of carbonyl (C=O) groups is 1. The van der Waals surface area contributed by atoms with Crippen LogP contribution in [0.25, 0.3) is 0 Å². The first-order valence-electron chi connectivity index (χ1n) is 6.53. The van der Waals surface area contributed by atoms with Crippen LogP contribution >= 0.6 is 15.9 Å². The highest BCUT2D eigenvalue weighted by atomic mass is 79.9. The number of H-pyrrole nitrogens is 1. The third kappa shape index (κ3) is 3.27. The second kappa shape index (κ2) is 5.78. The number of pyridine rings is 1. The Balaban J connectivity index is 1.94. The average Bonchev–Trinajstić information content (AvgIpc) is 2.49. The molecule has 0 radical (unpaired) electrons. The summed E-state index contributed by atoms with van der Waals surface area (Å²) in [7, 11) is -3.59. The first kappa shape index (κ1) is 15.7. The van der Waals surface area contributed by atoms with Crippen LogP contribution < -0.4 is 10.9 Å². The summed E-state index contributed by atoms with van der Waals surface area (Å²) in [6.45, 7) is 0.222. The Morgan fingerprint density at radius 2 is 2.22 bits per heavy atom. The number of carbonyl (C=O) groups excluding carboxylic acids is 1. The number of allylic oxidation sites excluding steroid dienone is 2. The predicted octanol–water partition coefficient (Wildman–Crippen LogP) is 0.573. The normalized spacial score (nSPS) is 18.7. The van der Waals surface area contributed by atoms with Crippen molar-refractivity contribution in [2.75, 3.05) is 17.6 Å². The largest absolute Gasteiger partial charge is 0.331 e. The van der Waals surface area contributed by atoms with Crippen molar-refractivity contribution < 1.29 is 13.2 Å². The third-order valence-electron chi connectivity index (χ3n) is 3.22. The SMILES string of the molecule is O=C(Nc1cc(Br)c[nH]c1=O)C1=CC=CN2CCS(=O)(=O)N=C12. The first-order valence-corrected chi connectivity index (χ1v) is 8.94. The highest BCUT2D eigenvalue weighted by Crippen LogP contribution is 2.19. The smallest absolute Gasteiger partial charge is 0.271 e. The van der Waals surface area contributed by atoms with Crippen molar-refractivity contribution in [1.29, 1.82) is 0 Å². The number of rotatable bonds is 2. The summed E-state index contributed by atoms with van der Waals surface area (Å²) in [6.07, 6.45) is 6.17. The Bertz CT molecular complexity index is 930. The number of fused-ring (bicyclic) bond motifs is 1. The molecule has 0 bridgehead atoms. The van der Waals surface area contributed by atoms with Crippen molar-refractivity contribution in [3.8, 4) is 0 Å². The molecule has 0 unspecified atom stereocenters. The minimum atomic E-state index is -3.59. The minimum Gasteiger partial charge on any atom is -0.331 e. The first-order chi connectivity index (χ1) is 10.9. The molecule has 0 spiro atoms. The molecule has 0 fully saturated rings. The van der Waals surface area contributed by atoms with Gasteiger partial charge >= 0.3 is 0 Å². The Kier molecular flexibility index (Phi) is 3.94. The topological polar surface area (TPSA) is 112 Å². The van der Waals surface area contributed by atoms with Crippen LogP contribution in [-0.4, -0.2) is 42.3 Å². The number of hydrogen-bond acceptors (Lipinski definition) is 5. The van der Waals surface area contributed by atoms with Crippen LogP contribution in [0.1, 0.15) is 0 Å². The van der Waals surface area contributed by atoms with Crippen molar-refractivity contribution in [1.82, 2.24) is 9.88 Å². The molecule has 0 aliphatic carbocycles. The Morgan fingerprint density at radius 1 is 1.43 bits per heavy atom. The van der Waals surface area contributed by atoms with Crippen molar-refractivity contribution in [3.05, 3.63) is 51.0 Å². The van der Waals surface area contributed by atoms with Crippen LogP contribution in [0.5, 0.6) is 0 Å². The van der Waals surface area contributed by atoms with Gasteiger partial charge in [-0.05, 0) is 34.1 Å². The van der Waals surface area contributed by atoms with Crippen LogP contribution in [0, 0.1) is 0 Å². The lowest BCUT2D eigenvalue weighted by molar-refractivity contribution is -0.112. The highest BCUT2D eigenvalue weighted by molar-refractivity contribution is 9.10. The van der Waals surface area contributed by atoms with Gasteiger partial charge in [-0.3, -0.25) is 9.59 Å². The van der Waals surface area contributed by atoms with E-state index in [1.807, 2.05) is 0 Å². The van der Waals surface area contributed by atoms with Gasteiger partial charge in [0.25, 0.3) is 21.5 Å². The van der Waals surface area contributed by atoms with E-state index < -0.39 is 21.5 Å². The van der Waals surface area contributed by atoms with Crippen LogP contribution in [0.3, 0.4) is 0 Å². The highest BCUT2D eigenvalue weighted by Gasteiger charge is 2.30. The number of nitrogens with zero attached hydrogens (tertiary/aromatic N) is 2.